The molecule has 0 aliphatic heterocycles. The van der Waals surface area contributed by atoms with Crippen LogP contribution in [0.5, 0.6) is 17.5 Å². The molecule has 0 unspecified atom stereocenters. The second-order valence-corrected chi connectivity index (χ2v) is 13.4. The average Bonchev–Trinajstić information content (AvgIpc) is 3.83. The number of hydrogen-bond acceptors (Lipinski definition) is 11. The Hall–Kier alpha value is -8.93. The van der Waals surface area contributed by atoms with Crippen LogP contribution in [0.4, 0.5) is 11.4 Å². The van der Waals surface area contributed by atoms with Crippen molar-refractivity contribution in [2.45, 2.75) is 0 Å². The van der Waals surface area contributed by atoms with Crippen LogP contribution < -0.4 is 4.74 Å². The molecule has 8 rings (SSSR count). The molecule has 0 aliphatic rings. The van der Waals surface area contributed by atoms with Crippen LogP contribution in [0.3, 0.4) is 0 Å². The minimum Gasteiger partial charge on any atom is -0.493 e. The van der Waals surface area contributed by atoms with Gasteiger partial charge in [0.2, 0.25) is 11.8 Å². The van der Waals surface area contributed by atoms with Gasteiger partial charge >= 0.3 is 17.9 Å². The summed E-state index contributed by atoms with van der Waals surface area (Å²) in [4.78, 5) is 53.3. The number of carboxylic acids is 3. The molecule has 0 amide bonds. The first kappa shape index (κ1) is 45.6. The first-order chi connectivity index (χ1) is 31.0. The molecule has 0 saturated heterocycles. The largest absolute Gasteiger partial charge is 0.493 e. The van der Waals surface area contributed by atoms with Gasteiger partial charge in [0.1, 0.15) is 17.1 Å². The van der Waals surface area contributed by atoms with E-state index in [9.17, 15) is 39.6 Å². The number of carbonyl (C=O) groups excluding carboxylic acids is 1. The van der Waals surface area contributed by atoms with Crippen LogP contribution in [0, 0.1) is 0 Å². The number of para-hydroxylation sites is 4. The number of aromatic nitrogens is 4. The van der Waals surface area contributed by atoms with Crippen LogP contribution in [-0.2, 0) is 21.6 Å². The molecule has 0 bridgehead atoms. The third-order valence-electron chi connectivity index (χ3n) is 9.45. The van der Waals surface area contributed by atoms with Crippen molar-refractivity contribution >= 4 is 48.2 Å². The maximum absolute atomic E-state index is 11.5. The summed E-state index contributed by atoms with van der Waals surface area (Å²) < 4.78 is 7.54. The molecule has 65 heavy (non-hydrogen) atoms. The molecule has 5 N–H and O–H groups in total. The topological polar surface area (TPSA) is 239 Å². The van der Waals surface area contributed by atoms with E-state index < -0.39 is 17.9 Å². The Bertz CT molecular complexity index is 3040. The summed E-state index contributed by atoms with van der Waals surface area (Å²) in [5, 5.41) is 58.8. The summed E-state index contributed by atoms with van der Waals surface area (Å²) in [6, 6.07) is 43.3. The molecule has 2 heterocycles. The zero-order valence-electron chi connectivity index (χ0n) is 33.5. The summed E-state index contributed by atoms with van der Waals surface area (Å²) in [6.07, 6.45) is 2.73. The van der Waals surface area contributed by atoms with E-state index in [0.717, 1.165) is 0 Å². The summed E-state index contributed by atoms with van der Waals surface area (Å²) in [7, 11) is 0. The number of aromatic carboxylic acids is 3. The number of aliphatic imine (C=N–C) groups is 2. The molecule has 8 aromatic rings. The number of ether oxygens (including phenoxy) is 1. The van der Waals surface area contributed by atoms with Crippen LogP contribution in [0.25, 0.3) is 33.9 Å². The maximum Gasteiger partial charge on any atom is 0.337 e. The van der Waals surface area contributed by atoms with Crippen LogP contribution in [0.2, 0.25) is 0 Å². The van der Waals surface area contributed by atoms with Gasteiger partial charge in [0.05, 0.1) is 50.6 Å². The predicted molar refractivity (Wildman–Crippen MR) is 236 cm³/mol. The Labute approximate surface area is 379 Å². The fourth-order valence-electron chi connectivity index (χ4n) is 6.33. The number of aromatic hydroxyl groups is 2. The minimum absolute atomic E-state index is 0. The fraction of sp³-hybridized carbons (Fsp3) is 0. The Morgan fingerprint density at radius 2 is 0.892 bits per heavy atom. The molecular formula is C48H34CoN6O10. The van der Waals surface area contributed by atoms with Crippen molar-refractivity contribution in [3.05, 3.63) is 186 Å². The van der Waals surface area contributed by atoms with Crippen LogP contribution in [0.15, 0.2) is 168 Å². The normalized spacial score (nSPS) is 10.8. The van der Waals surface area contributed by atoms with Crippen molar-refractivity contribution in [3.63, 3.8) is 0 Å². The summed E-state index contributed by atoms with van der Waals surface area (Å²) in [6.45, 7) is 0.336. The molecule has 16 nitrogen and oxygen atoms in total. The second kappa shape index (κ2) is 20.8. The molecule has 2 aromatic heterocycles. The molecule has 17 heteroatoms. The number of hydrogen-bond donors (Lipinski definition) is 5. The van der Waals surface area contributed by atoms with E-state index in [1.165, 1.54) is 46.1 Å². The smallest absolute Gasteiger partial charge is 0.337 e. The number of benzene rings is 6. The Balaban J connectivity index is 0.000000212. The van der Waals surface area contributed by atoms with Gasteiger partial charge in [-0.25, -0.2) is 23.7 Å². The zero-order valence-corrected chi connectivity index (χ0v) is 34.6. The van der Waals surface area contributed by atoms with Gasteiger partial charge in [0, 0.05) is 40.3 Å². The number of carboxylic acid groups (broad SMARTS) is 3. The van der Waals surface area contributed by atoms with Crippen LogP contribution in [0.1, 0.15) is 42.2 Å². The van der Waals surface area contributed by atoms with Gasteiger partial charge in [0.25, 0.3) is 6.47 Å². The van der Waals surface area contributed by atoms with Gasteiger partial charge in [-0.15, -0.1) is 0 Å². The van der Waals surface area contributed by atoms with Gasteiger partial charge in [-0.05, 0) is 84.9 Å². The van der Waals surface area contributed by atoms with Crippen molar-refractivity contribution < 1.29 is 66.2 Å². The van der Waals surface area contributed by atoms with E-state index in [-0.39, 0.29) is 62.2 Å². The van der Waals surface area contributed by atoms with E-state index in [4.69, 9.17) is 9.84 Å². The van der Waals surface area contributed by atoms with Gasteiger partial charge in [0.15, 0.2) is 0 Å². The Kier molecular flexibility index (Phi) is 14.6. The van der Waals surface area contributed by atoms with Crippen molar-refractivity contribution in [1.29, 1.82) is 0 Å². The van der Waals surface area contributed by atoms with E-state index in [1.54, 1.807) is 109 Å². The Morgan fingerprint density at radius 1 is 0.508 bits per heavy atom. The van der Waals surface area contributed by atoms with E-state index in [0.29, 0.717) is 51.7 Å². The van der Waals surface area contributed by atoms with E-state index in [2.05, 4.69) is 20.2 Å². The molecule has 0 spiro atoms. The third kappa shape index (κ3) is 10.4. The molecule has 1 radical (unpaired) electrons. The van der Waals surface area contributed by atoms with Gasteiger partial charge in [-0.3, -0.25) is 14.8 Å². The monoisotopic (exact) mass is 913 g/mol. The SMILES string of the molecule is O=C(O)c1ccc(-c2nn(-c3ccccc3)c(O)c2C=Nc2ccccc2C(=O)O)cc1.O=COc1ccc(-c2nn(-c3ccccc3)c(O)c2C=Nc2ccccc2C(=O)O)cc1.[Co]. The first-order valence-corrected chi connectivity index (χ1v) is 19.1. The van der Waals surface area contributed by atoms with Gasteiger partial charge < -0.3 is 30.3 Å². The molecule has 6 aromatic carbocycles. The van der Waals surface area contributed by atoms with Crippen molar-refractivity contribution in [2.75, 3.05) is 0 Å². The number of nitrogens with zero attached hydrogens (tertiary/aromatic N) is 6. The molecular weight excluding hydrogens is 879 g/mol. The van der Waals surface area contributed by atoms with Crippen LogP contribution in [-0.4, -0.2) is 81.9 Å². The molecule has 325 valence electrons. The van der Waals surface area contributed by atoms with Gasteiger partial charge in [-0.1, -0.05) is 72.8 Å². The van der Waals surface area contributed by atoms with Crippen molar-refractivity contribution in [1.82, 2.24) is 19.6 Å². The van der Waals surface area contributed by atoms with Crippen molar-refractivity contribution in [3.8, 4) is 51.4 Å². The standard InChI is InChI=1S/2C24H17N3O5.Co/c28-15-32-18-12-10-16(11-13-18)22-20(14-25-21-9-5-4-8-19(21)24(30)31)23(29)27(26-22)17-6-2-1-3-7-17;28-22-19(14-25-20-9-5-4-8-18(20)24(31)32)21(15-10-12-16(13-11-15)23(29)30)26-27(22)17-6-2-1-3-7-17;/h1-15,29H,(H,30,31);1-14,28H,(H,29,30)(H,31,32);. The second-order valence-electron chi connectivity index (χ2n) is 13.4. The quantitative estimate of drug-likeness (QED) is 0.0540. The molecule has 0 saturated carbocycles. The van der Waals surface area contributed by atoms with E-state index in [1.807, 2.05) is 24.3 Å². The average molecular weight is 914 g/mol. The third-order valence-corrected chi connectivity index (χ3v) is 9.45. The van der Waals surface area contributed by atoms with Crippen molar-refractivity contribution in [2.24, 2.45) is 9.98 Å². The minimum atomic E-state index is -1.12. The summed E-state index contributed by atoms with van der Waals surface area (Å²) >= 11 is 0. The van der Waals surface area contributed by atoms with E-state index >= 15 is 0 Å². The van der Waals surface area contributed by atoms with Crippen LogP contribution >= 0.6 is 0 Å². The predicted octanol–water partition coefficient (Wildman–Crippen LogP) is 8.62. The summed E-state index contributed by atoms with van der Waals surface area (Å²) in [5.74, 6) is -3.26. The van der Waals surface area contributed by atoms with Gasteiger partial charge in [-0.2, -0.15) is 10.2 Å². The maximum atomic E-state index is 11.5. The molecule has 0 atom stereocenters. The first-order valence-electron chi connectivity index (χ1n) is 19.1. The summed E-state index contributed by atoms with van der Waals surface area (Å²) in [5.41, 5.74) is 4.43. The zero-order chi connectivity index (χ0) is 45.2. The molecule has 0 fully saturated rings. The number of carbonyl (C=O) groups is 4. The number of rotatable bonds is 13. The molecule has 0 aliphatic carbocycles. The fourth-order valence-corrected chi connectivity index (χ4v) is 6.33. The Morgan fingerprint density at radius 3 is 1.28 bits per heavy atom.